The lowest BCUT2D eigenvalue weighted by Gasteiger charge is -2.39. The predicted octanol–water partition coefficient (Wildman–Crippen LogP) is 6.17. The maximum Gasteiger partial charge on any atom is 0.254 e. The number of hydrogen-bond donors (Lipinski definition) is 2. The minimum Gasteiger partial charge on any atom is -0.359 e. The van der Waals surface area contributed by atoms with Crippen LogP contribution in [0, 0.1) is 11.7 Å². The molecule has 4 aromatic rings. The number of aromatic nitrogens is 2. The highest BCUT2D eigenvalue weighted by molar-refractivity contribution is 6.02. The minimum absolute atomic E-state index is 0.0428. The van der Waals surface area contributed by atoms with Crippen molar-refractivity contribution in [2.24, 2.45) is 5.92 Å². The Hall–Kier alpha value is -5.41. The minimum atomic E-state index is -2.57. The molecular weight excluding hydrogens is 800 g/mol. The van der Waals surface area contributed by atoms with Gasteiger partial charge in [0.15, 0.2) is 6.29 Å². The molecule has 0 bridgehead atoms. The number of benzene rings is 2. The number of piperidine rings is 1. The third kappa shape index (κ3) is 8.65. The molecule has 2 fully saturated rings. The van der Waals surface area contributed by atoms with Crippen LogP contribution in [0.1, 0.15) is 118 Å². The van der Waals surface area contributed by atoms with Crippen LogP contribution in [-0.4, -0.2) is 119 Å². The van der Waals surface area contributed by atoms with E-state index in [0.717, 1.165) is 58.8 Å². The average molecular weight is 854 g/mol. The first-order chi connectivity index (χ1) is 30.0. The summed E-state index contributed by atoms with van der Waals surface area (Å²) in [6.07, 6.45) is 5.69. The summed E-state index contributed by atoms with van der Waals surface area (Å²) in [4.78, 5) is 78.3. The molecule has 1 aliphatic carbocycles. The molecule has 8 rings (SSSR count). The Balaban J connectivity index is 0.853. The molecule has 3 amide bonds. The first-order valence-corrected chi connectivity index (χ1v) is 21.8. The maximum absolute atomic E-state index is 16.1. The number of carbonyl (C=O) groups excluding carboxylic acids is 5. The molecule has 4 aliphatic rings. The van der Waals surface area contributed by atoms with E-state index < -0.39 is 36.8 Å². The zero-order valence-corrected chi connectivity index (χ0v) is 35.3. The number of aromatic amines is 1. The van der Waals surface area contributed by atoms with E-state index in [0.29, 0.717) is 70.3 Å². The number of fused-ring (bicyclic) bond motifs is 4. The zero-order valence-electron chi connectivity index (χ0n) is 35.3. The average Bonchev–Trinajstić information content (AvgIpc) is 3.89. The van der Waals surface area contributed by atoms with Crippen molar-refractivity contribution in [1.82, 2.24) is 34.9 Å². The molecule has 2 aromatic carbocycles. The van der Waals surface area contributed by atoms with Crippen LogP contribution in [0.4, 0.5) is 13.2 Å². The number of aldehydes is 2. The lowest BCUT2D eigenvalue weighted by atomic mass is 9.78. The fourth-order valence-electron chi connectivity index (χ4n) is 10.4. The van der Waals surface area contributed by atoms with Crippen LogP contribution in [0.5, 0.6) is 0 Å². The van der Waals surface area contributed by atoms with E-state index in [1.807, 2.05) is 29.2 Å². The molecule has 1 saturated heterocycles. The molecule has 2 aromatic heterocycles. The molecule has 328 valence electrons. The van der Waals surface area contributed by atoms with Crippen LogP contribution in [0.15, 0.2) is 48.7 Å². The maximum atomic E-state index is 16.1. The number of likely N-dealkylation sites (N-methyl/N-ethyl adjacent to an activating group) is 1. The summed E-state index contributed by atoms with van der Waals surface area (Å²) in [6, 6.07) is 11.5. The Morgan fingerprint density at radius 2 is 1.71 bits per heavy atom. The first-order valence-electron chi connectivity index (χ1n) is 21.8. The third-order valence-electron chi connectivity index (χ3n) is 13.9. The van der Waals surface area contributed by atoms with E-state index in [9.17, 15) is 32.8 Å². The van der Waals surface area contributed by atoms with Crippen LogP contribution in [0.25, 0.3) is 10.9 Å². The molecule has 0 spiro atoms. The van der Waals surface area contributed by atoms with Gasteiger partial charge in [-0.1, -0.05) is 18.2 Å². The van der Waals surface area contributed by atoms with Crippen molar-refractivity contribution >= 4 is 41.2 Å². The number of para-hydroxylation sites is 1. The van der Waals surface area contributed by atoms with Crippen molar-refractivity contribution in [3.63, 3.8) is 0 Å². The number of amides is 3. The van der Waals surface area contributed by atoms with Gasteiger partial charge in [-0.15, -0.1) is 0 Å². The number of nitrogens with one attached hydrogen (secondary N) is 2. The number of rotatable bonds is 13. The Kier molecular flexibility index (Phi) is 12.9. The Morgan fingerprint density at radius 3 is 2.39 bits per heavy atom. The first kappa shape index (κ1) is 43.2. The van der Waals surface area contributed by atoms with Crippen LogP contribution in [0.3, 0.4) is 0 Å². The Labute approximate surface area is 359 Å². The van der Waals surface area contributed by atoms with Crippen molar-refractivity contribution in [2.75, 3.05) is 40.3 Å². The van der Waals surface area contributed by atoms with E-state index in [4.69, 9.17) is 0 Å². The second-order valence-electron chi connectivity index (χ2n) is 17.4. The van der Waals surface area contributed by atoms with E-state index in [1.165, 1.54) is 25.1 Å². The number of nitrogens with zero attached hydrogens (tertiary/aromatic N) is 5. The summed E-state index contributed by atoms with van der Waals surface area (Å²) in [5, 5.41) is 3.53. The fourth-order valence-corrected chi connectivity index (χ4v) is 10.4. The van der Waals surface area contributed by atoms with Crippen LogP contribution >= 0.6 is 0 Å². The number of carbonyl (C=O) groups is 5. The van der Waals surface area contributed by atoms with Crippen molar-refractivity contribution in [3.8, 4) is 0 Å². The number of pyridine rings is 1. The van der Waals surface area contributed by atoms with Gasteiger partial charge in [-0.3, -0.25) is 34.0 Å². The van der Waals surface area contributed by atoms with Crippen molar-refractivity contribution in [1.29, 1.82) is 0 Å². The van der Waals surface area contributed by atoms with Gasteiger partial charge in [-0.05, 0) is 104 Å². The number of alkyl halides is 2. The van der Waals surface area contributed by atoms with Gasteiger partial charge in [0.25, 0.3) is 12.3 Å². The molecule has 62 heavy (non-hydrogen) atoms. The molecule has 15 heteroatoms. The normalized spacial score (nSPS) is 21.4. The molecule has 5 heterocycles. The quantitative estimate of drug-likeness (QED) is 0.152. The van der Waals surface area contributed by atoms with Gasteiger partial charge in [0.1, 0.15) is 12.1 Å². The van der Waals surface area contributed by atoms with E-state index in [2.05, 4.69) is 20.2 Å². The molecule has 12 nitrogen and oxygen atoms in total. The highest BCUT2D eigenvalue weighted by Crippen LogP contribution is 2.41. The Bertz CT molecular complexity index is 2340. The van der Waals surface area contributed by atoms with E-state index in [-0.39, 0.29) is 59.4 Å². The van der Waals surface area contributed by atoms with Gasteiger partial charge in [0.2, 0.25) is 11.8 Å². The van der Waals surface area contributed by atoms with Gasteiger partial charge in [0, 0.05) is 93.6 Å². The van der Waals surface area contributed by atoms with Crippen molar-refractivity contribution in [2.45, 2.75) is 101 Å². The number of likely N-dealkylation sites (tertiary alicyclic amines) is 1. The van der Waals surface area contributed by atoms with Crippen molar-refractivity contribution < 1.29 is 37.1 Å². The molecule has 2 atom stereocenters. The SMILES string of the molecule is CNC(=O)CCC(C=O)N(C)C(=O)c1cc2c(cc1C=O)CN(C1CCN(C(=O)C3CCC(c4cnc(C5c6[nH]c7ccccc7c6CCN5CC(F)F)c(F)c4)CC3)CC1)C2. The molecular formula is C47H54F3N7O5. The van der Waals surface area contributed by atoms with E-state index in [1.54, 1.807) is 23.2 Å². The summed E-state index contributed by atoms with van der Waals surface area (Å²) in [5.41, 5.74) is 5.94. The predicted molar refractivity (Wildman–Crippen MR) is 226 cm³/mol. The van der Waals surface area contributed by atoms with Gasteiger partial charge >= 0.3 is 0 Å². The summed E-state index contributed by atoms with van der Waals surface area (Å²) in [6.45, 7) is 2.38. The molecule has 3 aliphatic heterocycles. The van der Waals surface area contributed by atoms with Gasteiger partial charge < -0.3 is 24.9 Å². The summed E-state index contributed by atoms with van der Waals surface area (Å²) in [5.74, 6) is -1.11. The lowest BCUT2D eigenvalue weighted by molar-refractivity contribution is -0.138. The smallest absolute Gasteiger partial charge is 0.254 e. The highest BCUT2D eigenvalue weighted by Gasteiger charge is 2.38. The summed E-state index contributed by atoms with van der Waals surface area (Å²) in [7, 11) is 3.01. The van der Waals surface area contributed by atoms with Gasteiger partial charge in [0.05, 0.1) is 29.9 Å². The second-order valence-corrected chi connectivity index (χ2v) is 17.4. The highest BCUT2D eigenvalue weighted by atomic mass is 19.3. The second kappa shape index (κ2) is 18.5. The Morgan fingerprint density at radius 1 is 0.984 bits per heavy atom. The monoisotopic (exact) mass is 853 g/mol. The summed E-state index contributed by atoms with van der Waals surface area (Å²) < 4.78 is 43.6. The van der Waals surface area contributed by atoms with Crippen LogP contribution in [0.2, 0.25) is 0 Å². The topological polar surface area (TPSA) is 139 Å². The largest absolute Gasteiger partial charge is 0.359 e. The molecule has 0 radical (unpaired) electrons. The zero-order chi connectivity index (χ0) is 43.7. The molecule has 2 unspecified atom stereocenters. The summed E-state index contributed by atoms with van der Waals surface area (Å²) >= 11 is 0. The van der Waals surface area contributed by atoms with Gasteiger partial charge in [-0.25, -0.2) is 13.2 Å². The van der Waals surface area contributed by atoms with Crippen LogP contribution in [-0.2, 0) is 33.9 Å². The third-order valence-corrected chi connectivity index (χ3v) is 13.9. The molecule has 1 saturated carbocycles. The van der Waals surface area contributed by atoms with Crippen molar-refractivity contribution in [3.05, 3.63) is 99.2 Å². The fraction of sp³-hybridized carbons (Fsp3) is 0.489. The number of hydrogen-bond acceptors (Lipinski definition) is 8. The number of halogens is 3. The number of H-pyrrole nitrogens is 1. The lowest BCUT2D eigenvalue weighted by Crippen LogP contribution is -2.47. The molecule has 2 N–H and O–H groups in total. The van der Waals surface area contributed by atoms with E-state index >= 15 is 4.39 Å². The van der Waals surface area contributed by atoms with Crippen LogP contribution < -0.4 is 5.32 Å². The standard InChI is InChI=1S/C47H54F3N7O5/c1-51-42(60)12-11-35(27-59)54(2)47(62)38-20-32-24-57(23-31(32)19-33(38)26-58)34-13-16-55(17-14-34)46(61)29-9-7-28(8-10-29)30-21-39(48)44(52-22-30)45-43-37(15-18-56(45)25-41(49)50)36-5-3-4-6-40(36)53-43/h3-6,19-22,26-29,34-35,41,45,53H,7-18,23-25H2,1-2H3,(H,51,60). The van der Waals surface area contributed by atoms with Gasteiger partial charge in [-0.2, -0.15) is 0 Å².